The minimum Gasteiger partial charge on any atom is -0.493 e. The molecule has 0 bridgehead atoms. The van der Waals surface area contributed by atoms with E-state index in [0.717, 1.165) is 5.56 Å². The number of thiazole rings is 1. The molecule has 0 saturated carbocycles. The second kappa shape index (κ2) is 10.6. The number of carbonyl (C=O) groups excluding carboxylic acids is 1. The van der Waals surface area contributed by atoms with Crippen LogP contribution in [0.3, 0.4) is 0 Å². The van der Waals surface area contributed by atoms with Crippen molar-refractivity contribution in [2.24, 2.45) is 4.99 Å². The van der Waals surface area contributed by atoms with Gasteiger partial charge in [0.1, 0.15) is 0 Å². The van der Waals surface area contributed by atoms with E-state index in [1.807, 2.05) is 48.6 Å². The van der Waals surface area contributed by atoms with Crippen LogP contribution in [0.1, 0.15) is 31.0 Å². The molecule has 2 aromatic carbocycles. The highest BCUT2D eigenvalue weighted by Gasteiger charge is 2.33. The van der Waals surface area contributed by atoms with Crippen molar-refractivity contribution >= 4 is 29.5 Å². The highest BCUT2D eigenvalue weighted by Crippen LogP contribution is 2.36. The van der Waals surface area contributed by atoms with Crippen LogP contribution in [0.2, 0.25) is 0 Å². The summed E-state index contributed by atoms with van der Waals surface area (Å²) in [5.41, 5.74) is 2.31. The Balaban J connectivity index is 1.89. The van der Waals surface area contributed by atoms with Gasteiger partial charge in [0.2, 0.25) is 0 Å². The van der Waals surface area contributed by atoms with Gasteiger partial charge in [0.15, 0.2) is 16.3 Å². The molecule has 1 atom stereocenters. The van der Waals surface area contributed by atoms with E-state index >= 15 is 0 Å². The Morgan fingerprint density at radius 2 is 1.86 bits per heavy atom. The first kappa shape index (κ1) is 24.2. The molecule has 0 unspecified atom stereocenters. The molecule has 3 aromatic rings. The number of carbonyl (C=O) groups is 1. The topological polar surface area (TPSA) is 79.1 Å². The van der Waals surface area contributed by atoms with Crippen LogP contribution < -0.4 is 24.4 Å². The van der Waals surface area contributed by atoms with E-state index in [1.165, 1.54) is 11.3 Å². The molecule has 0 N–H and O–H groups in total. The summed E-state index contributed by atoms with van der Waals surface area (Å²) in [4.78, 5) is 31.7. The molecule has 35 heavy (non-hydrogen) atoms. The van der Waals surface area contributed by atoms with Gasteiger partial charge >= 0.3 is 5.97 Å². The zero-order valence-electron chi connectivity index (χ0n) is 20.0. The van der Waals surface area contributed by atoms with E-state index in [0.29, 0.717) is 37.7 Å². The number of benzene rings is 2. The van der Waals surface area contributed by atoms with Crippen molar-refractivity contribution in [3.8, 4) is 11.5 Å². The molecule has 7 nitrogen and oxygen atoms in total. The number of allylic oxidation sites excluding steroid dienone is 2. The number of hydrogen-bond acceptors (Lipinski definition) is 7. The second-order valence-electron chi connectivity index (χ2n) is 7.71. The summed E-state index contributed by atoms with van der Waals surface area (Å²) >= 11 is 1.28. The number of ether oxygens (including phenoxy) is 3. The number of esters is 1. The van der Waals surface area contributed by atoms with Crippen LogP contribution in [0.15, 0.2) is 75.7 Å². The first-order valence-electron chi connectivity index (χ1n) is 11.1. The lowest BCUT2D eigenvalue weighted by Crippen LogP contribution is -2.39. The lowest BCUT2D eigenvalue weighted by Gasteiger charge is -2.25. The molecule has 2 heterocycles. The van der Waals surface area contributed by atoms with Crippen LogP contribution >= 0.6 is 11.3 Å². The number of rotatable bonds is 7. The van der Waals surface area contributed by atoms with Gasteiger partial charge in [0.25, 0.3) is 5.56 Å². The van der Waals surface area contributed by atoms with Crippen LogP contribution in [0.4, 0.5) is 0 Å². The van der Waals surface area contributed by atoms with Gasteiger partial charge in [-0.05, 0) is 43.2 Å². The Morgan fingerprint density at radius 1 is 1.11 bits per heavy atom. The molecule has 0 aliphatic carbocycles. The number of fused-ring (bicyclic) bond motifs is 1. The van der Waals surface area contributed by atoms with E-state index in [4.69, 9.17) is 14.2 Å². The number of hydrogen-bond donors (Lipinski definition) is 0. The normalized spacial score (nSPS) is 15.7. The van der Waals surface area contributed by atoms with Crippen LogP contribution in [-0.2, 0) is 9.53 Å². The Bertz CT molecular complexity index is 1480. The monoisotopic (exact) mass is 490 g/mol. The fourth-order valence-corrected chi connectivity index (χ4v) is 4.95. The summed E-state index contributed by atoms with van der Waals surface area (Å²) in [6, 6.07) is 14.5. The molecule has 1 aliphatic heterocycles. The Hall–Kier alpha value is -3.91. The average Bonchev–Trinajstić information content (AvgIpc) is 3.18. The molecule has 0 fully saturated rings. The zero-order chi connectivity index (χ0) is 24.9. The lowest BCUT2D eigenvalue weighted by atomic mass is 9.95. The SMILES string of the molecule is CCOC(=O)C1=C(C)N=c2s/c(=C/C=C/c3ccccc3)c(=O)n2[C@@H]1c1ccc(OC)c(OC)c1. The van der Waals surface area contributed by atoms with Crippen molar-refractivity contribution in [2.45, 2.75) is 19.9 Å². The third-order valence-corrected chi connectivity index (χ3v) is 6.58. The molecular weight excluding hydrogens is 464 g/mol. The third-order valence-electron chi connectivity index (χ3n) is 5.58. The quantitative estimate of drug-likeness (QED) is 0.474. The summed E-state index contributed by atoms with van der Waals surface area (Å²) < 4.78 is 18.2. The number of methoxy groups -OCH3 is 2. The fourth-order valence-electron chi connectivity index (χ4n) is 3.95. The minimum absolute atomic E-state index is 0.211. The third kappa shape index (κ3) is 4.83. The summed E-state index contributed by atoms with van der Waals surface area (Å²) in [6.07, 6.45) is 5.54. The Kier molecular flexibility index (Phi) is 7.31. The van der Waals surface area contributed by atoms with Gasteiger partial charge in [0.05, 0.1) is 42.7 Å². The fraction of sp³-hybridized carbons (Fsp3) is 0.222. The smallest absolute Gasteiger partial charge is 0.338 e. The van der Waals surface area contributed by atoms with Crippen LogP contribution in [-0.4, -0.2) is 31.4 Å². The predicted octanol–water partition coefficient (Wildman–Crippen LogP) is 3.48. The van der Waals surface area contributed by atoms with Crippen LogP contribution in [0, 0.1) is 0 Å². The molecule has 0 radical (unpaired) electrons. The molecule has 1 aliphatic rings. The van der Waals surface area contributed by atoms with E-state index in [9.17, 15) is 9.59 Å². The molecule has 8 heteroatoms. The first-order chi connectivity index (χ1) is 17.0. The van der Waals surface area contributed by atoms with Gasteiger partial charge in [-0.15, -0.1) is 0 Å². The maximum atomic E-state index is 13.6. The van der Waals surface area contributed by atoms with E-state index in [-0.39, 0.29) is 12.2 Å². The standard InChI is InChI=1S/C27H26N2O5S/c1-5-34-26(31)23-17(2)28-27-29(24(23)19-14-15-20(32-3)21(16-19)33-4)25(30)22(35-27)13-9-12-18-10-7-6-8-11-18/h6-16,24H,5H2,1-4H3/b12-9+,22-13+/t24-/m1/s1. The van der Waals surface area contributed by atoms with Gasteiger partial charge in [0, 0.05) is 0 Å². The summed E-state index contributed by atoms with van der Waals surface area (Å²) in [5.74, 6) is 0.538. The highest BCUT2D eigenvalue weighted by molar-refractivity contribution is 7.07. The Labute approximate surface area is 206 Å². The molecule has 4 rings (SSSR count). The van der Waals surface area contributed by atoms with Gasteiger partial charge in [-0.3, -0.25) is 9.36 Å². The average molecular weight is 491 g/mol. The number of aromatic nitrogens is 1. The molecule has 0 amide bonds. The van der Waals surface area contributed by atoms with E-state index in [2.05, 4.69) is 4.99 Å². The van der Waals surface area contributed by atoms with Crippen LogP contribution in [0.25, 0.3) is 12.2 Å². The van der Waals surface area contributed by atoms with Crippen molar-refractivity contribution in [3.05, 3.63) is 96.7 Å². The molecule has 1 aromatic heterocycles. The Morgan fingerprint density at radius 3 is 2.54 bits per heavy atom. The van der Waals surface area contributed by atoms with Gasteiger partial charge < -0.3 is 14.2 Å². The van der Waals surface area contributed by atoms with Crippen molar-refractivity contribution in [1.82, 2.24) is 4.57 Å². The van der Waals surface area contributed by atoms with E-state index < -0.39 is 12.0 Å². The molecule has 180 valence electrons. The number of nitrogens with zero attached hydrogens (tertiary/aromatic N) is 2. The maximum Gasteiger partial charge on any atom is 0.338 e. The van der Waals surface area contributed by atoms with E-state index in [1.54, 1.807) is 50.8 Å². The maximum absolute atomic E-state index is 13.6. The molecule has 0 spiro atoms. The first-order valence-corrected chi connectivity index (χ1v) is 11.9. The van der Waals surface area contributed by atoms with Crippen molar-refractivity contribution in [3.63, 3.8) is 0 Å². The highest BCUT2D eigenvalue weighted by atomic mass is 32.1. The zero-order valence-corrected chi connectivity index (χ0v) is 20.8. The van der Waals surface area contributed by atoms with Crippen LogP contribution in [0.5, 0.6) is 11.5 Å². The second-order valence-corrected chi connectivity index (χ2v) is 8.72. The molecule has 0 saturated heterocycles. The van der Waals surface area contributed by atoms with Crippen molar-refractivity contribution < 1.29 is 19.0 Å². The van der Waals surface area contributed by atoms with Gasteiger partial charge in [-0.2, -0.15) is 0 Å². The van der Waals surface area contributed by atoms with Gasteiger partial charge in [-0.25, -0.2) is 9.79 Å². The van der Waals surface area contributed by atoms with Crippen molar-refractivity contribution in [1.29, 1.82) is 0 Å². The lowest BCUT2D eigenvalue weighted by molar-refractivity contribution is -0.139. The van der Waals surface area contributed by atoms with Gasteiger partial charge in [-0.1, -0.05) is 59.9 Å². The summed E-state index contributed by atoms with van der Waals surface area (Å²) in [7, 11) is 3.09. The van der Waals surface area contributed by atoms with Crippen molar-refractivity contribution in [2.75, 3.05) is 20.8 Å². The predicted molar refractivity (Wildman–Crippen MR) is 136 cm³/mol. The largest absolute Gasteiger partial charge is 0.493 e. The minimum atomic E-state index is -0.717. The summed E-state index contributed by atoms with van der Waals surface area (Å²) in [6.45, 7) is 3.71. The molecular formula is C27H26N2O5S. The summed E-state index contributed by atoms with van der Waals surface area (Å²) in [5, 5.41) is 0.